The minimum absolute atomic E-state index is 0.00678. The van der Waals surface area contributed by atoms with E-state index in [9.17, 15) is 14.7 Å². The molecule has 0 saturated heterocycles. The molecule has 2 aromatic heterocycles. The number of aromatic nitrogens is 1. The summed E-state index contributed by atoms with van der Waals surface area (Å²) in [5.41, 5.74) is 9.00. The first kappa shape index (κ1) is 28.0. The van der Waals surface area contributed by atoms with E-state index in [4.69, 9.17) is 5.73 Å². The zero-order valence-corrected chi connectivity index (χ0v) is 23.7. The van der Waals surface area contributed by atoms with Crippen LogP contribution in [0.4, 0.5) is 16.4 Å². The summed E-state index contributed by atoms with van der Waals surface area (Å²) < 4.78 is 1.59. The minimum Gasteiger partial charge on any atom is -0.507 e. The Bertz CT molecular complexity index is 1490. The molecule has 0 atom stereocenters. The van der Waals surface area contributed by atoms with Gasteiger partial charge in [-0.3, -0.25) is 9.59 Å². The number of hydrogen-bond acceptors (Lipinski definition) is 6. The number of fused-ring (bicyclic) bond motifs is 1. The van der Waals surface area contributed by atoms with Crippen LogP contribution in [-0.2, 0) is 17.9 Å². The molecular formula is C30H37N3O3S. The van der Waals surface area contributed by atoms with E-state index in [2.05, 4.69) is 26.1 Å². The highest BCUT2D eigenvalue weighted by atomic mass is 32.1. The highest BCUT2D eigenvalue weighted by Crippen LogP contribution is 2.43. The predicted molar refractivity (Wildman–Crippen MR) is 157 cm³/mol. The Kier molecular flexibility index (Phi) is 7.89. The van der Waals surface area contributed by atoms with Crippen LogP contribution in [0.2, 0.25) is 0 Å². The number of carbonyl (C=O) groups excluding carboxylic acids is 1. The molecule has 7 heteroatoms. The van der Waals surface area contributed by atoms with Crippen molar-refractivity contribution in [2.75, 3.05) is 11.1 Å². The van der Waals surface area contributed by atoms with E-state index in [1.165, 1.54) is 0 Å². The van der Waals surface area contributed by atoms with Gasteiger partial charge >= 0.3 is 0 Å². The molecule has 0 spiro atoms. The Hall–Kier alpha value is -3.58. The maximum Gasteiger partial charge on any atom is 0.258 e. The fourth-order valence-electron chi connectivity index (χ4n) is 4.25. The molecule has 4 rings (SSSR count). The van der Waals surface area contributed by atoms with Crippen molar-refractivity contribution in [2.45, 2.75) is 59.3 Å². The number of hydrogen-bond donors (Lipinski definition) is 3. The van der Waals surface area contributed by atoms with Crippen LogP contribution in [0.25, 0.3) is 10.9 Å². The topological polar surface area (TPSA) is 97.4 Å². The normalized spacial score (nSPS) is 11.7. The van der Waals surface area contributed by atoms with Gasteiger partial charge in [-0.05, 0) is 42.0 Å². The van der Waals surface area contributed by atoms with Crippen LogP contribution in [0.15, 0.2) is 59.4 Å². The molecule has 4 N–H and O–H groups in total. The molecule has 0 unspecified atom stereocenters. The van der Waals surface area contributed by atoms with Crippen molar-refractivity contribution in [1.82, 2.24) is 4.57 Å². The zero-order valence-electron chi connectivity index (χ0n) is 22.9. The molecule has 2 aromatic carbocycles. The van der Waals surface area contributed by atoms with Crippen LogP contribution in [0, 0.1) is 0 Å². The van der Waals surface area contributed by atoms with Crippen molar-refractivity contribution in [2.24, 2.45) is 7.05 Å². The molecule has 196 valence electrons. The number of aromatic hydroxyl groups is 1. The van der Waals surface area contributed by atoms with E-state index in [-0.39, 0.29) is 27.9 Å². The molecular weight excluding hydrogens is 482 g/mol. The number of nitrogens with zero attached hydrogens (tertiary/aromatic N) is 1. The minimum atomic E-state index is -0.372. The number of ketones is 1. The highest BCUT2D eigenvalue weighted by Gasteiger charge is 2.27. The van der Waals surface area contributed by atoms with Crippen LogP contribution in [0.1, 0.15) is 69.3 Å². The number of anilines is 3. The van der Waals surface area contributed by atoms with Crippen molar-refractivity contribution < 1.29 is 9.90 Å². The fraction of sp³-hybridized carbons (Fsp3) is 0.333. The van der Waals surface area contributed by atoms with E-state index in [0.717, 1.165) is 26.5 Å². The fourth-order valence-corrected chi connectivity index (χ4v) is 5.49. The molecule has 0 amide bonds. The third-order valence-electron chi connectivity index (χ3n) is 6.04. The van der Waals surface area contributed by atoms with Gasteiger partial charge in [0, 0.05) is 23.0 Å². The van der Waals surface area contributed by atoms with Gasteiger partial charge in [0.25, 0.3) is 5.56 Å². The summed E-state index contributed by atoms with van der Waals surface area (Å²) in [6.07, 6.45) is 0. The van der Waals surface area contributed by atoms with Gasteiger partial charge in [-0.2, -0.15) is 0 Å². The van der Waals surface area contributed by atoms with Crippen molar-refractivity contribution in [3.8, 4) is 5.75 Å². The molecule has 0 aliphatic carbocycles. The molecule has 0 radical (unpaired) electrons. The summed E-state index contributed by atoms with van der Waals surface area (Å²) in [7, 11) is 1.74. The van der Waals surface area contributed by atoms with E-state index in [1.807, 2.05) is 75.4 Å². The second kappa shape index (κ2) is 10.4. The third-order valence-corrected chi connectivity index (χ3v) is 7.58. The van der Waals surface area contributed by atoms with Gasteiger partial charge in [0.15, 0.2) is 5.78 Å². The number of pyridine rings is 1. The lowest BCUT2D eigenvalue weighted by Crippen LogP contribution is -2.29. The average Bonchev–Trinajstić information content (AvgIpc) is 3.14. The van der Waals surface area contributed by atoms with Crippen LogP contribution < -0.4 is 16.6 Å². The number of carbonyl (C=O) groups is 1. The number of nitrogens with two attached hydrogens (primary N) is 1. The van der Waals surface area contributed by atoms with Crippen LogP contribution in [0.5, 0.6) is 5.75 Å². The van der Waals surface area contributed by atoms with E-state index in [0.29, 0.717) is 16.8 Å². The SMILES string of the molecule is CC(=O)c1c(Nc2ccccc2)sc(C(C)(C)C)c1N.Cn1c(=O)c(C(C)(C)C)c(O)c2ccccc21. The maximum atomic E-state index is 12.3. The number of Topliss-reactive ketones (excluding diaryl/α,β-unsaturated/α-hetero) is 1. The van der Waals surface area contributed by atoms with Gasteiger partial charge in [-0.25, -0.2) is 0 Å². The molecule has 0 aliphatic heterocycles. The Labute approximate surface area is 222 Å². The van der Waals surface area contributed by atoms with Crippen LogP contribution in [0.3, 0.4) is 0 Å². The van der Waals surface area contributed by atoms with Crippen molar-refractivity contribution in [3.63, 3.8) is 0 Å². The number of thiophene rings is 1. The summed E-state index contributed by atoms with van der Waals surface area (Å²) in [6.45, 7) is 13.7. The van der Waals surface area contributed by atoms with Crippen molar-refractivity contribution >= 4 is 44.4 Å². The summed E-state index contributed by atoms with van der Waals surface area (Å²) in [5, 5.41) is 15.1. The Morgan fingerprint density at radius 2 is 1.51 bits per heavy atom. The highest BCUT2D eigenvalue weighted by molar-refractivity contribution is 7.17. The summed E-state index contributed by atoms with van der Waals surface area (Å²) in [4.78, 5) is 25.2. The average molecular weight is 520 g/mol. The van der Waals surface area contributed by atoms with Crippen molar-refractivity contribution in [1.29, 1.82) is 0 Å². The maximum absolute atomic E-state index is 12.3. The molecule has 37 heavy (non-hydrogen) atoms. The van der Waals surface area contributed by atoms with Gasteiger partial charge in [-0.15, -0.1) is 11.3 Å². The summed E-state index contributed by atoms with van der Waals surface area (Å²) in [5.74, 6) is 0.101. The lowest BCUT2D eigenvalue weighted by molar-refractivity contribution is 0.101. The first-order chi connectivity index (χ1) is 17.1. The summed E-state index contributed by atoms with van der Waals surface area (Å²) in [6, 6.07) is 17.2. The summed E-state index contributed by atoms with van der Waals surface area (Å²) >= 11 is 1.56. The molecule has 0 aliphatic rings. The Balaban J connectivity index is 0.000000208. The molecule has 0 fully saturated rings. The Morgan fingerprint density at radius 1 is 0.946 bits per heavy atom. The first-order valence-electron chi connectivity index (χ1n) is 12.2. The van der Waals surface area contributed by atoms with E-state index < -0.39 is 0 Å². The molecule has 2 heterocycles. The predicted octanol–water partition coefficient (Wildman–Crippen LogP) is 7.12. The monoisotopic (exact) mass is 519 g/mol. The number of benzene rings is 2. The second-order valence-electron chi connectivity index (χ2n) is 11.2. The molecule has 6 nitrogen and oxygen atoms in total. The van der Waals surface area contributed by atoms with Gasteiger partial charge in [0.2, 0.25) is 0 Å². The van der Waals surface area contributed by atoms with E-state index >= 15 is 0 Å². The Morgan fingerprint density at radius 3 is 2.05 bits per heavy atom. The number of nitrogen functional groups attached to an aromatic ring is 1. The lowest BCUT2D eigenvalue weighted by atomic mass is 9.86. The van der Waals surface area contributed by atoms with Crippen LogP contribution in [-0.4, -0.2) is 15.5 Å². The van der Waals surface area contributed by atoms with Gasteiger partial charge in [0.05, 0.1) is 22.3 Å². The smallest absolute Gasteiger partial charge is 0.258 e. The lowest BCUT2D eigenvalue weighted by Gasteiger charge is -2.21. The van der Waals surface area contributed by atoms with E-state index in [1.54, 1.807) is 29.9 Å². The number of nitrogens with one attached hydrogen (secondary N) is 1. The van der Waals surface area contributed by atoms with Gasteiger partial charge < -0.3 is 20.7 Å². The zero-order chi connectivity index (χ0) is 27.7. The van der Waals surface area contributed by atoms with Crippen LogP contribution >= 0.6 is 11.3 Å². The quantitative estimate of drug-likeness (QED) is 0.251. The molecule has 0 bridgehead atoms. The second-order valence-corrected chi connectivity index (χ2v) is 12.2. The molecule has 4 aromatic rings. The first-order valence-corrected chi connectivity index (χ1v) is 13.0. The standard InChI is InChI=1S/C16H20N2OS.C14H17NO2/c1-10(19)12-13(17)14(16(2,3)4)20-15(12)18-11-8-6-5-7-9-11;1-14(2,3)11-12(16)9-7-5-6-8-10(9)15(4)13(11)17/h5-9,18H,17H2,1-4H3;5-8,16H,1-4H3. The number of rotatable bonds is 3. The van der Waals surface area contributed by atoms with Gasteiger partial charge in [0.1, 0.15) is 10.8 Å². The molecule has 0 saturated carbocycles. The van der Waals surface area contributed by atoms with Gasteiger partial charge in [-0.1, -0.05) is 71.9 Å². The third kappa shape index (κ3) is 5.88. The largest absolute Gasteiger partial charge is 0.507 e. The number of para-hydroxylation sites is 2. The number of aryl methyl sites for hydroxylation is 1. The van der Waals surface area contributed by atoms with Crippen molar-refractivity contribution in [3.05, 3.63) is 81.0 Å².